The highest BCUT2D eigenvalue weighted by Crippen LogP contribution is 2.19. The van der Waals surface area contributed by atoms with Gasteiger partial charge in [0.2, 0.25) is 0 Å². The van der Waals surface area contributed by atoms with E-state index in [0.29, 0.717) is 5.56 Å². The molecule has 5 heteroatoms. The average Bonchev–Trinajstić information content (AvgIpc) is 2.28. The molecule has 2 N–H and O–H groups in total. The molecule has 1 aromatic heterocycles. The largest absolute Gasteiger partial charge is 0.466 e. The highest BCUT2D eigenvalue weighted by Gasteiger charge is 2.22. The van der Waals surface area contributed by atoms with Crippen LogP contribution in [0.2, 0.25) is 0 Å². The van der Waals surface area contributed by atoms with Crippen LogP contribution in [-0.2, 0) is 9.53 Å². The molecular weight excluding hydrogens is 222 g/mol. The molecule has 0 aliphatic heterocycles. The van der Waals surface area contributed by atoms with Crippen molar-refractivity contribution in [1.29, 1.82) is 0 Å². The van der Waals surface area contributed by atoms with Gasteiger partial charge in [-0.1, -0.05) is 0 Å². The van der Waals surface area contributed by atoms with Crippen molar-refractivity contribution < 1.29 is 19.7 Å². The third-order valence-corrected chi connectivity index (χ3v) is 2.31. The molecule has 1 heterocycles. The number of aliphatic hydroxyl groups is 2. The van der Waals surface area contributed by atoms with Crippen LogP contribution in [0.5, 0.6) is 0 Å². The summed E-state index contributed by atoms with van der Waals surface area (Å²) in [6, 6.07) is 3.27. The van der Waals surface area contributed by atoms with Crippen LogP contribution in [0.15, 0.2) is 18.3 Å². The van der Waals surface area contributed by atoms with Crippen LogP contribution in [-0.4, -0.2) is 33.9 Å². The third-order valence-electron chi connectivity index (χ3n) is 2.31. The number of rotatable bonds is 5. The number of aryl methyl sites for hydroxylation is 1. The van der Waals surface area contributed by atoms with E-state index in [4.69, 9.17) is 4.74 Å². The maximum Gasteiger partial charge on any atom is 0.308 e. The predicted octanol–water partition coefficient (Wildman–Crippen LogP) is 0.738. The summed E-state index contributed by atoms with van der Waals surface area (Å²) in [7, 11) is 0. The molecule has 0 aromatic carbocycles. The van der Waals surface area contributed by atoms with Crippen LogP contribution in [0.4, 0.5) is 0 Å². The second kappa shape index (κ2) is 6.32. The fourth-order valence-corrected chi connectivity index (χ4v) is 1.48. The smallest absolute Gasteiger partial charge is 0.308 e. The zero-order valence-corrected chi connectivity index (χ0v) is 9.96. The third kappa shape index (κ3) is 4.13. The number of carbonyl (C=O) groups is 1. The van der Waals surface area contributed by atoms with Crippen LogP contribution in [0.3, 0.4) is 0 Å². The fraction of sp³-hybridized carbons (Fsp3) is 0.500. The quantitative estimate of drug-likeness (QED) is 0.741. The van der Waals surface area contributed by atoms with Gasteiger partial charge in [0.25, 0.3) is 0 Å². The number of esters is 1. The molecule has 0 aliphatic carbocycles. The Morgan fingerprint density at radius 3 is 2.82 bits per heavy atom. The minimum atomic E-state index is -1.17. The van der Waals surface area contributed by atoms with E-state index in [1.807, 2.05) is 0 Å². The minimum Gasteiger partial charge on any atom is -0.466 e. The molecule has 0 saturated heterocycles. The first kappa shape index (κ1) is 13.6. The van der Waals surface area contributed by atoms with E-state index >= 15 is 0 Å². The number of aliphatic hydroxyl groups excluding tert-OH is 2. The SMILES string of the molecule is CCOC(=O)CC(O)C(O)c1ccnc(C)c1. The number of hydrogen-bond acceptors (Lipinski definition) is 5. The molecule has 0 aliphatic rings. The molecule has 0 fully saturated rings. The van der Waals surface area contributed by atoms with Gasteiger partial charge in [0.05, 0.1) is 19.1 Å². The first-order valence-electron chi connectivity index (χ1n) is 5.49. The topological polar surface area (TPSA) is 79.7 Å². The van der Waals surface area contributed by atoms with Gasteiger partial charge < -0.3 is 14.9 Å². The number of carbonyl (C=O) groups excluding carboxylic acids is 1. The first-order valence-corrected chi connectivity index (χ1v) is 5.49. The molecule has 0 saturated carbocycles. The van der Waals surface area contributed by atoms with Crippen molar-refractivity contribution in [1.82, 2.24) is 4.98 Å². The lowest BCUT2D eigenvalue weighted by atomic mass is 10.0. The summed E-state index contributed by atoms with van der Waals surface area (Å²) < 4.78 is 4.70. The summed E-state index contributed by atoms with van der Waals surface area (Å²) in [4.78, 5) is 15.1. The van der Waals surface area contributed by atoms with Crippen molar-refractivity contribution in [3.8, 4) is 0 Å². The second-order valence-electron chi connectivity index (χ2n) is 3.75. The Labute approximate surface area is 100 Å². The van der Waals surface area contributed by atoms with Gasteiger partial charge in [0, 0.05) is 11.9 Å². The van der Waals surface area contributed by atoms with Crippen LogP contribution < -0.4 is 0 Å². The van der Waals surface area contributed by atoms with Gasteiger partial charge in [0.15, 0.2) is 0 Å². The fourth-order valence-electron chi connectivity index (χ4n) is 1.48. The van der Waals surface area contributed by atoms with Gasteiger partial charge in [-0.15, -0.1) is 0 Å². The lowest BCUT2D eigenvalue weighted by molar-refractivity contribution is -0.147. The highest BCUT2D eigenvalue weighted by atomic mass is 16.5. The normalized spacial score (nSPS) is 14.1. The molecule has 0 bridgehead atoms. The zero-order chi connectivity index (χ0) is 12.8. The summed E-state index contributed by atoms with van der Waals surface area (Å²) in [5.74, 6) is -0.523. The Hall–Kier alpha value is -1.46. The molecule has 1 aromatic rings. The number of nitrogens with zero attached hydrogens (tertiary/aromatic N) is 1. The van der Waals surface area contributed by atoms with E-state index < -0.39 is 18.2 Å². The van der Waals surface area contributed by atoms with E-state index in [2.05, 4.69) is 4.98 Å². The molecule has 2 atom stereocenters. The van der Waals surface area contributed by atoms with Gasteiger partial charge in [-0.25, -0.2) is 0 Å². The Bertz CT molecular complexity index is 381. The summed E-state index contributed by atoms with van der Waals surface area (Å²) in [6.45, 7) is 3.73. The average molecular weight is 239 g/mol. The molecule has 0 radical (unpaired) electrons. The molecule has 2 unspecified atom stereocenters. The van der Waals surface area contributed by atoms with Gasteiger partial charge >= 0.3 is 5.97 Å². The summed E-state index contributed by atoms with van der Waals surface area (Å²) in [5, 5.41) is 19.5. The Morgan fingerprint density at radius 1 is 1.53 bits per heavy atom. The predicted molar refractivity (Wildman–Crippen MR) is 61.2 cm³/mol. The number of pyridine rings is 1. The van der Waals surface area contributed by atoms with Crippen molar-refractivity contribution in [3.63, 3.8) is 0 Å². The van der Waals surface area contributed by atoms with Gasteiger partial charge in [-0.2, -0.15) is 0 Å². The number of ether oxygens (including phenoxy) is 1. The zero-order valence-electron chi connectivity index (χ0n) is 9.96. The lowest BCUT2D eigenvalue weighted by Crippen LogP contribution is -2.23. The van der Waals surface area contributed by atoms with Crippen molar-refractivity contribution in [2.75, 3.05) is 6.61 Å². The van der Waals surface area contributed by atoms with E-state index in [1.165, 1.54) is 0 Å². The van der Waals surface area contributed by atoms with E-state index in [0.717, 1.165) is 5.69 Å². The van der Waals surface area contributed by atoms with Crippen LogP contribution in [0.25, 0.3) is 0 Å². The van der Waals surface area contributed by atoms with Crippen LogP contribution in [0.1, 0.15) is 30.7 Å². The Morgan fingerprint density at radius 2 is 2.24 bits per heavy atom. The first-order chi connectivity index (χ1) is 8.04. The molecule has 94 valence electrons. The van der Waals surface area contributed by atoms with E-state index in [9.17, 15) is 15.0 Å². The van der Waals surface area contributed by atoms with Gasteiger partial charge in [-0.3, -0.25) is 9.78 Å². The molecule has 0 spiro atoms. The Balaban J connectivity index is 2.63. The minimum absolute atomic E-state index is 0.226. The molecule has 5 nitrogen and oxygen atoms in total. The monoisotopic (exact) mass is 239 g/mol. The van der Waals surface area contributed by atoms with Gasteiger partial charge in [0.1, 0.15) is 6.10 Å². The van der Waals surface area contributed by atoms with Crippen molar-refractivity contribution in [2.45, 2.75) is 32.5 Å². The summed E-state index contributed by atoms with van der Waals surface area (Å²) in [5.41, 5.74) is 1.28. The number of aromatic nitrogens is 1. The Kier molecular flexibility index (Phi) is 5.06. The summed E-state index contributed by atoms with van der Waals surface area (Å²) in [6.07, 6.45) is -0.960. The standard InChI is InChI=1S/C12H17NO4/c1-3-17-11(15)7-10(14)12(16)9-4-5-13-8(2)6-9/h4-6,10,12,14,16H,3,7H2,1-2H3. The van der Waals surface area contributed by atoms with E-state index in [-0.39, 0.29) is 13.0 Å². The number of hydrogen-bond donors (Lipinski definition) is 2. The second-order valence-corrected chi connectivity index (χ2v) is 3.75. The van der Waals surface area contributed by atoms with Crippen LogP contribution >= 0.6 is 0 Å². The molecule has 17 heavy (non-hydrogen) atoms. The van der Waals surface area contributed by atoms with Crippen molar-refractivity contribution >= 4 is 5.97 Å². The summed E-state index contributed by atoms with van der Waals surface area (Å²) >= 11 is 0. The maximum absolute atomic E-state index is 11.2. The van der Waals surface area contributed by atoms with Crippen LogP contribution in [0, 0.1) is 6.92 Å². The molecular formula is C12H17NO4. The molecule has 1 rings (SSSR count). The van der Waals surface area contributed by atoms with Crippen molar-refractivity contribution in [2.24, 2.45) is 0 Å². The van der Waals surface area contributed by atoms with Crippen molar-refractivity contribution in [3.05, 3.63) is 29.6 Å². The van der Waals surface area contributed by atoms with Gasteiger partial charge in [-0.05, 0) is 31.5 Å². The van der Waals surface area contributed by atoms with E-state index in [1.54, 1.807) is 32.2 Å². The maximum atomic E-state index is 11.2. The molecule has 0 amide bonds. The highest BCUT2D eigenvalue weighted by molar-refractivity contribution is 5.70. The lowest BCUT2D eigenvalue weighted by Gasteiger charge is -2.17.